The van der Waals surface area contributed by atoms with Crippen LogP contribution < -0.4 is 10.6 Å². The smallest absolute Gasteiger partial charge is 0.338 e. The molecule has 2 aromatic rings. The molecule has 0 fully saturated rings. The Morgan fingerprint density at radius 2 is 2.08 bits per heavy atom. The number of carbonyl (C=O) groups is 3. The van der Waals surface area contributed by atoms with Crippen molar-refractivity contribution in [2.24, 2.45) is 0 Å². The van der Waals surface area contributed by atoms with E-state index in [1.807, 2.05) is 6.07 Å². The normalized spacial score (nSPS) is 12.8. The Morgan fingerprint density at radius 1 is 1.24 bits per heavy atom. The van der Waals surface area contributed by atoms with Gasteiger partial charge in [0, 0.05) is 15.1 Å². The van der Waals surface area contributed by atoms with Gasteiger partial charge in [-0.25, -0.2) is 4.79 Å². The molecular formula is C17H13BrN2O4S. The van der Waals surface area contributed by atoms with E-state index in [9.17, 15) is 14.4 Å². The van der Waals surface area contributed by atoms with Gasteiger partial charge in [-0.05, 0) is 36.4 Å². The van der Waals surface area contributed by atoms with E-state index in [4.69, 9.17) is 4.74 Å². The highest BCUT2D eigenvalue weighted by Crippen LogP contribution is 2.32. The highest BCUT2D eigenvalue weighted by molar-refractivity contribution is 9.10. The third-order valence-corrected chi connectivity index (χ3v) is 4.86. The Labute approximate surface area is 156 Å². The first kappa shape index (κ1) is 17.5. The minimum absolute atomic E-state index is 0.114. The first-order valence-electron chi connectivity index (χ1n) is 7.30. The number of thioether (sulfide) groups is 1. The lowest BCUT2D eigenvalue weighted by molar-refractivity contribution is -0.119. The average Bonchev–Trinajstić information content (AvgIpc) is 2.59. The second kappa shape index (κ2) is 7.71. The summed E-state index contributed by atoms with van der Waals surface area (Å²) in [6.45, 7) is -0.399. The standard InChI is InChI=1S/C17H13BrN2O4S/c18-11-2-1-3-12(7-11)19-15(21)8-24-17(23)10-4-5-14-13(6-10)20-16(22)9-25-14/h1-7H,8-9H2,(H,19,21)(H,20,22). The number of ether oxygens (including phenoxy) is 1. The summed E-state index contributed by atoms with van der Waals surface area (Å²) in [6.07, 6.45) is 0. The van der Waals surface area contributed by atoms with E-state index in [0.29, 0.717) is 17.1 Å². The molecule has 3 rings (SSSR count). The highest BCUT2D eigenvalue weighted by Gasteiger charge is 2.18. The van der Waals surface area contributed by atoms with Gasteiger partial charge in [-0.2, -0.15) is 0 Å². The minimum Gasteiger partial charge on any atom is -0.452 e. The molecule has 0 atom stereocenters. The lowest BCUT2D eigenvalue weighted by Gasteiger charge is -2.16. The summed E-state index contributed by atoms with van der Waals surface area (Å²) in [5.41, 5.74) is 1.45. The zero-order valence-corrected chi connectivity index (χ0v) is 15.3. The van der Waals surface area contributed by atoms with Gasteiger partial charge >= 0.3 is 5.97 Å². The quantitative estimate of drug-likeness (QED) is 0.741. The predicted molar refractivity (Wildman–Crippen MR) is 98.8 cm³/mol. The van der Waals surface area contributed by atoms with Crippen LogP contribution in [0.2, 0.25) is 0 Å². The number of halogens is 1. The van der Waals surface area contributed by atoms with Gasteiger partial charge in [0.05, 0.1) is 17.0 Å². The van der Waals surface area contributed by atoms with Crippen molar-refractivity contribution in [3.05, 3.63) is 52.5 Å². The second-order valence-corrected chi connectivity index (χ2v) is 7.12. The number of benzene rings is 2. The zero-order valence-electron chi connectivity index (χ0n) is 12.9. The van der Waals surface area contributed by atoms with Crippen LogP contribution >= 0.6 is 27.7 Å². The Hall–Kier alpha value is -2.32. The largest absolute Gasteiger partial charge is 0.452 e. The van der Waals surface area contributed by atoms with Crippen LogP contribution in [0.1, 0.15) is 10.4 Å². The van der Waals surface area contributed by atoms with E-state index in [0.717, 1.165) is 9.37 Å². The molecule has 0 aliphatic carbocycles. The molecule has 0 aromatic heterocycles. The second-order valence-electron chi connectivity index (χ2n) is 5.18. The molecule has 0 radical (unpaired) electrons. The van der Waals surface area contributed by atoms with Gasteiger partial charge < -0.3 is 15.4 Å². The number of nitrogens with one attached hydrogen (secondary N) is 2. The monoisotopic (exact) mass is 420 g/mol. The van der Waals surface area contributed by atoms with E-state index in [1.54, 1.807) is 36.4 Å². The van der Waals surface area contributed by atoms with Crippen LogP contribution in [0.25, 0.3) is 0 Å². The van der Waals surface area contributed by atoms with Gasteiger partial charge in [0.25, 0.3) is 5.91 Å². The maximum absolute atomic E-state index is 12.1. The van der Waals surface area contributed by atoms with Crippen LogP contribution in [0.4, 0.5) is 11.4 Å². The molecule has 0 spiro atoms. The van der Waals surface area contributed by atoms with E-state index in [2.05, 4.69) is 26.6 Å². The number of anilines is 2. The molecule has 2 amide bonds. The van der Waals surface area contributed by atoms with Crippen molar-refractivity contribution in [1.82, 2.24) is 0 Å². The van der Waals surface area contributed by atoms with Gasteiger partial charge in [-0.15, -0.1) is 11.8 Å². The maximum Gasteiger partial charge on any atom is 0.338 e. The van der Waals surface area contributed by atoms with Gasteiger partial charge in [0.2, 0.25) is 5.91 Å². The molecule has 1 aliphatic rings. The Bertz CT molecular complexity index is 856. The first-order valence-corrected chi connectivity index (χ1v) is 9.08. The lowest BCUT2D eigenvalue weighted by atomic mass is 10.2. The highest BCUT2D eigenvalue weighted by atomic mass is 79.9. The molecule has 0 saturated heterocycles. The number of esters is 1. The first-order chi connectivity index (χ1) is 12.0. The van der Waals surface area contributed by atoms with Crippen molar-refractivity contribution in [3.63, 3.8) is 0 Å². The van der Waals surface area contributed by atoms with Crippen LogP contribution in [0.15, 0.2) is 51.8 Å². The lowest BCUT2D eigenvalue weighted by Crippen LogP contribution is -2.21. The summed E-state index contributed by atoms with van der Waals surface area (Å²) >= 11 is 4.72. The fourth-order valence-electron chi connectivity index (χ4n) is 2.19. The van der Waals surface area contributed by atoms with E-state index < -0.39 is 18.5 Å². The Balaban J connectivity index is 1.58. The molecule has 8 heteroatoms. The van der Waals surface area contributed by atoms with Crippen LogP contribution in [-0.2, 0) is 14.3 Å². The van der Waals surface area contributed by atoms with Crippen LogP contribution in [0.3, 0.4) is 0 Å². The third-order valence-electron chi connectivity index (χ3n) is 3.29. The summed E-state index contributed by atoms with van der Waals surface area (Å²) in [5, 5.41) is 5.35. The number of amides is 2. The number of carbonyl (C=O) groups excluding carboxylic acids is 3. The summed E-state index contributed by atoms with van der Waals surface area (Å²) in [7, 11) is 0. The number of fused-ring (bicyclic) bond motifs is 1. The van der Waals surface area contributed by atoms with E-state index in [-0.39, 0.29) is 11.5 Å². The number of hydrogen-bond acceptors (Lipinski definition) is 5. The van der Waals surface area contributed by atoms with Crippen molar-refractivity contribution >= 4 is 56.9 Å². The fourth-order valence-corrected chi connectivity index (χ4v) is 3.38. The Morgan fingerprint density at radius 3 is 2.88 bits per heavy atom. The zero-order chi connectivity index (χ0) is 17.8. The summed E-state index contributed by atoms with van der Waals surface area (Å²) in [6, 6.07) is 12.0. The molecule has 128 valence electrons. The third kappa shape index (κ3) is 4.61. The Kier molecular flexibility index (Phi) is 5.40. The summed E-state index contributed by atoms with van der Waals surface area (Å²) in [4.78, 5) is 36.3. The molecule has 25 heavy (non-hydrogen) atoms. The van der Waals surface area contributed by atoms with E-state index in [1.165, 1.54) is 11.8 Å². The molecule has 6 nitrogen and oxygen atoms in total. The van der Waals surface area contributed by atoms with Gasteiger partial charge in [-0.1, -0.05) is 22.0 Å². The molecular weight excluding hydrogens is 408 g/mol. The van der Waals surface area contributed by atoms with Crippen molar-refractivity contribution < 1.29 is 19.1 Å². The van der Waals surface area contributed by atoms with Crippen molar-refractivity contribution in [3.8, 4) is 0 Å². The molecule has 2 N–H and O–H groups in total. The maximum atomic E-state index is 12.1. The SMILES string of the molecule is O=C(COC(=O)c1ccc2c(c1)NC(=O)CS2)Nc1cccc(Br)c1. The van der Waals surface area contributed by atoms with Gasteiger partial charge in [-0.3, -0.25) is 9.59 Å². The predicted octanol–water partition coefficient (Wildman–Crippen LogP) is 3.29. The van der Waals surface area contributed by atoms with Crippen LogP contribution in [0, 0.1) is 0 Å². The van der Waals surface area contributed by atoms with Crippen LogP contribution in [-0.4, -0.2) is 30.1 Å². The van der Waals surface area contributed by atoms with Crippen molar-refractivity contribution in [2.75, 3.05) is 23.0 Å². The average molecular weight is 421 g/mol. The molecule has 1 heterocycles. The van der Waals surface area contributed by atoms with Crippen LogP contribution in [0.5, 0.6) is 0 Å². The summed E-state index contributed by atoms with van der Waals surface area (Å²) < 4.78 is 5.86. The molecule has 2 aromatic carbocycles. The molecule has 0 unspecified atom stereocenters. The topological polar surface area (TPSA) is 84.5 Å². The fraction of sp³-hybridized carbons (Fsp3) is 0.118. The summed E-state index contributed by atoms with van der Waals surface area (Å²) in [5.74, 6) is -0.825. The minimum atomic E-state index is -0.628. The van der Waals surface area contributed by atoms with E-state index >= 15 is 0 Å². The number of hydrogen-bond donors (Lipinski definition) is 2. The number of rotatable bonds is 4. The van der Waals surface area contributed by atoms with Gasteiger partial charge in [0.1, 0.15) is 0 Å². The van der Waals surface area contributed by atoms with Crippen molar-refractivity contribution in [2.45, 2.75) is 4.90 Å². The molecule has 1 aliphatic heterocycles. The van der Waals surface area contributed by atoms with Gasteiger partial charge in [0.15, 0.2) is 6.61 Å². The molecule has 0 saturated carbocycles. The molecule has 0 bridgehead atoms. The van der Waals surface area contributed by atoms with Crippen molar-refractivity contribution in [1.29, 1.82) is 0 Å².